The van der Waals surface area contributed by atoms with Gasteiger partial charge in [0.1, 0.15) is 11.6 Å². The summed E-state index contributed by atoms with van der Waals surface area (Å²) in [6.45, 7) is 0.198. The molecular formula is C19H20F3N5O4. The van der Waals surface area contributed by atoms with Crippen LogP contribution in [-0.4, -0.2) is 45.4 Å². The zero-order chi connectivity index (χ0) is 22.6. The van der Waals surface area contributed by atoms with Crippen LogP contribution in [-0.2, 0) is 20.8 Å². The van der Waals surface area contributed by atoms with Crippen LogP contribution in [0.1, 0.15) is 43.7 Å². The third kappa shape index (κ3) is 5.86. The van der Waals surface area contributed by atoms with Crippen molar-refractivity contribution < 1.29 is 27.6 Å². The van der Waals surface area contributed by atoms with Gasteiger partial charge in [0.15, 0.2) is 0 Å². The number of amides is 3. The van der Waals surface area contributed by atoms with Gasteiger partial charge in [-0.25, -0.2) is 0 Å². The Bertz CT molecular complexity index is 1070. The Morgan fingerprint density at radius 1 is 1.26 bits per heavy atom. The molecule has 9 nitrogen and oxygen atoms in total. The lowest BCUT2D eigenvalue weighted by molar-refractivity contribution is -0.144. The van der Waals surface area contributed by atoms with Crippen LogP contribution in [0, 0.1) is 0 Å². The fourth-order valence-corrected chi connectivity index (χ4v) is 3.24. The lowest BCUT2D eigenvalue weighted by Crippen LogP contribution is -2.45. The summed E-state index contributed by atoms with van der Waals surface area (Å²) in [5, 5.41) is 12.7. The summed E-state index contributed by atoms with van der Waals surface area (Å²) in [5.41, 5.74) is 0.594. The van der Waals surface area contributed by atoms with Gasteiger partial charge in [0.05, 0.1) is 11.8 Å². The molecule has 0 aliphatic carbocycles. The molecule has 1 aliphatic rings. The molecule has 1 saturated heterocycles. The van der Waals surface area contributed by atoms with Crippen LogP contribution in [0.3, 0.4) is 0 Å². The molecule has 0 saturated carbocycles. The van der Waals surface area contributed by atoms with Gasteiger partial charge in [-0.15, -0.1) is 5.10 Å². The Labute approximate surface area is 174 Å². The van der Waals surface area contributed by atoms with E-state index in [0.29, 0.717) is 18.4 Å². The standard InChI is InChI=1S/C19H20F3N5O4/c20-19(21,22)8-7-15(28)23-9-1-2-11-3-4-13-12(10-11)18(31)27(26-25-13)14-5-6-16(29)24-17(14)30/h3-4,10,14H,1-2,5-9H2,(H,23,28)(H,24,29,30). The molecule has 1 fully saturated rings. The van der Waals surface area contributed by atoms with E-state index < -0.39 is 48.3 Å². The van der Waals surface area contributed by atoms with Gasteiger partial charge in [0.25, 0.3) is 11.5 Å². The number of alkyl halides is 3. The third-order valence-electron chi connectivity index (χ3n) is 4.85. The van der Waals surface area contributed by atoms with Crippen molar-refractivity contribution in [3.8, 4) is 0 Å². The first-order valence-electron chi connectivity index (χ1n) is 9.69. The molecular weight excluding hydrogens is 419 g/mol. The van der Waals surface area contributed by atoms with Gasteiger partial charge < -0.3 is 5.32 Å². The number of fused-ring (bicyclic) bond motifs is 1. The molecule has 1 aliphatic heterocycles. The molecule has 166 valence electrons. The summed E-state index contributed by atoms with van der Waals surface area (Å²) in [7, 11) is 0. The Hall–Kier alpha value is -3.31. The number of piperidine rings is 1. The molecule has 12 heteroatoms. The normalized spacial score (nSPS) is 16.9. The van der Waals surface area contributed by atoms with E-state index >= 15 is 0 Å². The second-order valence-corrected chi connectivity index (χ2v) is 7.23. The van der Waals surface area contributed by atoms with Gasteiger partial charge in [-0.3, -0.25) is 24.5 Å². The van der Waals surface area contributed by atoms with Crippen LogP contribution >= 0.6 is 0 Å². The smallest absolute Gasteiger partial charge is 0.356 e. The topological polar surface area (TPSA) is 123 Å². The molecule has 3 rings (SSSR count). The Morgan fingerprint density at radius 3 is 2.74 bits per heavy atom. The van der Waals surface area contributed by atoms with Crippen molar-refractivity contribution in [2.45, 2.75) is 50.7 Å². The van der Waals surface area contributed by atoms with Crippen LogP contribution in [0.5, 0.6) is 0 Å². The van der Waals surface area contributed by atoms with E-state index in [1.54, 1.807) is 18.2 Å². The molecule has 1 unspecified atom stereocenters. The van der Waals surface area contributed by atoms with Crippen molar-refractivity contribution >= 4 is 28.6 Å². The minimum absolute atomic E-state index is 0.0945. The number of aromatic nitrogens is 3. The lowest BCUT2D eigenvalue weighted by atomic mass is 10.1. The second kappa shape index (κ2) is 9.23. The lowest BCUT2D eigenvalue weighted by Gasteiger charge is -2.21. The van der Waals surface area contributed by atoms with E-state index in [1.807, 2.05) is 0 Å². The largest absolute Gasteiger partial charge is 0.389 e. The van der Waals surface area contributed by atoms with E-state index in [9.17, 15) is 32.3 Å². The van der Waals surface area contributed by atoms with Crippen molar-refractivity contribution in [3.63, 3.8) is 0 Å². The number of benzene rings is 1. The van der Waals surface area contributed by atoms with Gasteiger partial charge in [0, 0.05) is 19.4 Å². The number of hydrogen-bond donors (Lipinski definition) is 2. The van der Waals surface area contributed by atoms with Crippen molar-refractivity contribution in [3.05, 3.63) is 34.1 Å². The summed E-state index contributed by atoms with van der Waals surface area (Å²) >= 11 is 0. The maximum absolute atomic E-state index is 12.8. The number of aryl methyl sites for hydroxylation is 1. The molecule has 1 aromatic heterocycles. The molecule has 3 amide bonds. The molecule has 2 heterocycles. The number of halogens is 3. The molecule has 0 bridgehead atoms. The van der Waals surface area contributed by atoms with E-state index in [0.717, 1.165) is 10.2 Å². The van der Waals surface area contributed by atoms with E-state index in [4.69, 9.17) is 0 Å². The van der Waals surface area contributed by atoms with E-state index in [1.165, 1.54) is 0 Å². The van der Waals surface area contributed by atoms with Crippen LogP contribution in [0.2, 0.25) is 0 Å². The number of nitrogens with one attached hydrogen (secondary N) is 2. The molecule has 31 heavy (non-hydrogen) atoms. The first-order valence-corrected chi connectivity index (χ1v) is 9.69. The third-order valence-corrected chi connectivity index (χ3v) is 4.85. The Balaban J connectivity index is 1.63. The number of carbonyl (C=O) groups excluding carboxylic acids is 3. The highest BCUT2D eigenvalue weighted by molar-refractivity contribution is 5.99. The van der Waals surface area contributed by atoms with Crippen molar-refractivity contribution in [1.29, 1.82) is 0 Å². The first kappa shape index (κ1) is 22.4. The zero-order valence-electron chi connectivity index (χ0n) is 16.4. The van der Waals surface area contributed by atoms with Gasteiger partial charge in [-0.05, 0) is 37.0 Å². The second-order valence-electron chi connectivity index (χ2n) is 7.23. The van der Waals surface area contributed by atoms with Crippen LogP contribution < -0.4 is 16.2 Å². The SMILES string of the molecule is O=C(CCC(F)(F)F)NCCCc1ccc2nnn(C3CCC(=O)NC3=O)c(=O)c2c1. The summed E-state index contributed by atoms with van der Waals surface area (Å²) in [4.78, 5) is 47.6. The molecule has 2 aromatic rings. The predicted molar refractivity (Wildman–Crippen MR) is 102 cm³/mol. The van der Waals surface area contributed by atoms with E-state index in [2.05, 4.69) is 20.9 Å². The van der Waals surface area contributed by atoms with Gasteiger partial charge in [-0.2, -0.15) is 17.9 Å². The molecule has 2 N–H and O–H groups in total. The predicted octanol–water partition coefficient (Wildman–Crippen LogP) is 1.16. The van der Waals surface area contributed by atoms with Gasteiger partial charge >= 0.3 is 6.18 Å². The average molecular weight is 439 g/mol. The minimum atomic E-state index is -4.37. The van der Waals surface area contributed by atoms with Crippen molar-refractivity contribution in [2.24, 2.45) is 0 Å². The monoisotopic (exact) mass is 439 g/mol. The zero-order valence-corrected chi connectivity index (χ0v) is 16.4. The number of carbonyl (C=O) groups is 3. The molecule has 1 atom stereocenters. The number of imide groups is 1. The fourth-order valence-electron chi connectivity index (χ4n) is 3.24. The quantitative estimate of drug-likeness (QED) is 0.493. The number of hydrogen-bond acceptors (Lipinski definition) is 6. The van der Waals surface area contributed by atoms with Crippen LogP contribution in [0.25, 0.3) is 10.9 Å². The highest BCUT2D eigenvalue weighted by Gasteiger charge is 2.30. The van der Waals surface area contributed by atoms with E-state index in [-0.39, 0.29) is 24.8 Å². The maximum atomic E-state index is 12.8. The summed E-state index contributed by atoms with van der Waals surface area (Å²) in [6.07, 6.45) is -4.97. The van der Waals surface area contributed by atoms with Gasteiger partial charge in [-0.1, -0.05) is 11.3 Å². The maximum Gasteiger partial charge on any atom is 0.389 e. The Morgan fingerprint density at radius 2 is 2.03 bits per heavy atom. The van der Waals surface area contributed by atoms with Crippen molar-refractivity contribution in [1.82, 2.24) is 25.6 Å². The first-order chi connectivity index (χ1) is 14.6. The molecule has 1 aromatic carbocycles. The molecule has 0 radical (unpaired) electrons. The summed E-state index contributed by atoms with van der Waals surface area (Å²) < 4.78 is 37.3. The Kier molecular flexibility index (Phi) is 6.66. The fraction of sp³-hybridized carbons (Fsp3) is 0.474. The number of nitrogens with zero attached hydrogens (tertiary/aromatic N) is 3. The van der Waals surface area contributed by atoms with Crippen molar-refractivity contribution in [2.75, 3.05) is 6.54 Å². The number of rotatable bonds is 7. The highest BCUT2D eigenvalue weighted by atomic mass is 19.4. The van der Waals surface area contributed by atoms with Crippen LogP contribution in [0.15, 0.2) is 23.0 Å². The minimum Gasteiger partial charge on any atom is -0.356 e. The molecule has 0 spiro atoms. The average Bonchev–Trinajstić information content (AvgIpc) is 2.70. The summed E-state index contributed by atoms with van der Waals surface area (Å²) in [5.74, 6) is -1.68. The van der Waals surface area contributed by atoms with Crippen LogP contribution in [0.4, 0.5) is 13.2 Å². The highest BCUT2D eigenvalue weighted by Crippen LogP contribution is 2.21. The van der Waals surface area contributed by atoms with Gasteiger partial charge in [0.2, 0.25) is 11.8 Å². The summed E-state index contributed by atoms with van der Waals surface area (Å²) in [6, 6.07) is 4.03.